The highest BCUT2D eigenvalue weighted by Gasteiger charge is 2.34. The van der Waals surface area contributed by atoms with Crippen LogP contribution in [0.2, 0.25) is 0 Å². The first-order valence-corrected chi connectivity index (χ1v) is 11.1. The monoisotopic (exact) mass is 420 g/mol. The van der Waals surface area contributed by atoms with Crippen LogP contribution in [0.4, 0.5) is 5.69 Å². The van der Waals surface area contributed by atoms with Crippen molar-refractivity contribution in [3.05, 3.63) is 52.7 Å². The number of benzene rings is 1. The number of amides is 1. The van der Waals surface area contributed by atoms with Gasteiger partial charge >= 0.3 is 0 Å². The summed E-state index contributed by atoms with van der Waals surface area (Å²) in [5.41, 5.74) is 3.59. The van der Waals surface area contributed by atoms with Gasteiger partial charge in [0, 0.05) is 23.1 Å². The van der Waals surface area contributed by atoms with Gasteiger partial charge in [-0.15, -0.1) is 11.3 Å². The van der Waals surface area contributed by atoms with Crippen molar-refractivity contribution in [2.75, 3.05) is 18.5 Å². The molecule has 2 aromatic rings. The lowest BCUT2D eigenvalue weighted by atomic mass is 9.95. The molecule has 1 N–H and O–H groups in total. The van der Waals surface area contributed by atoms with Crippen LogP contribution >= 0.6 is 11.3 Å². The highest BCUT2D eigenvalue weighted by atomic mass is 32.1. The van der Waals surface area contributed by atoms with E-state index in [2.05, 4.69) is 35.6 Å². The number of fused-ring (bicyclic) bond motifs is 3. The Morgan fingerprint density at radius 2 is 2.30 bits per heavy atom. The van der Waals surface area contributed by atoms with Gasteiger partial charge < -0.3 is 10.1 Å². The van der Waals surface area contributed by atoms with Crippen molar-refractivity contribution in [3.63, 3.8) is 0 Å². The molecule has 3 aliphatic rings. The predicted molar refractivity (Wildman–Crippen MR) is 120 cm³/mol. The second-order valence-corrected chi connectivity index (χ2v) is 9.08. The Kier molecular flexibility index (Phi) is 4.90. The summed E-state index contributed by atoms with van der Waals surface area (Å²) in [6.45, 7) is 6.55. The highest BCUT2D eigenvalue weighted by molar-refractivity contribution is 7.07. The average Bonchev–Trinajstić information content (AvgIpc) is 3.45. The van der Waals surface area contributed by atoms with E-state index in [4.69, 9.17) is 14.8 Å². The summed E-state index contributed by atoms with van der Waals surface area (Å²) in [6.07, 6.45) is 9.19. The van der Waals surface area contributed by atoms with Crippen LogP contribution < -0.4 is 14.9 Å². The maximum atomic E-state index is 11.7. The number of aromatic nitrogens is 1. The first kappa shape index (κ1) is 19.1. The molecule has 2 aliphatic carbocycles. The molecule has 0 spiro atoms. The number of hydrogen-bond acceptors (Lipinski definition) is 5. The van der Waals surface area contributed by atoms with Gasteiger partial charge in [0.05, 0.1) is 17.9 Å². The Labute approximate surface area is 179 Å². The van der Waals surface area contributed by atoms with Gasteiger partial charge in [0.1, 0.15) is 5.75 Å². The second-order valence-electron chi connectivity index (χ2n) is 8.25. The van der Waals surface area contributed by atoms with E-state index in [1.807, 2.05) is 29.8 Å². The Hall–Kier alpha value is -2.93. The molecule has 1 aliphatic heterocycles. The second kappa shape index (κ2) is 7.72. The standard InChI is InChI=1S/C23H24N4O2S/c1-14(2)10-24-23-27(25-11-18-8-15-3-4-16(18)7-15)20(13-30-23)17-5-6-21-19(9-17)26-22(28)12-29-21/h3-6,9,11,13,15-16,18H,1,7-8,10,12H2,2H3,(H,26,28). The summed E-state index contributed by atoms with van der Waals surface area (Å²) in [5.74, 6) is 2.33. The Morgan fingerprint density at radius 1 is 1.40 bits per heavy atom. The summed E-state index contributed by atoms with van der Waals surface area (Å²) in [6, 6.07) is 5.82. The minimum absolute atomic E-state index is 0.0526. The first-order chi connectivity index (χ1) is 14.6. The number of thiazole rings is 1. The van der Waals surface area contributed by atoms with Crippen LogP contribution in [-0.4, -0.2) is 29.9 Å². The van der Waals surface area contributed by atoms with E-state index < -0.39 is 0 Å². The number of ether oxygens (including phenoxy) is 1. The predicted octanol–water partition coefficient (Wildman–Crippen LogP) is 4.07. The molecule has 7 heteroatoms. The number of nitrogens with one attached hydrogen (secondary N) is 1. The summed E-state index contributed by atoms with van der Waals surface area (Å²) in [4.78, 5) is 17.3. The molecule has 6 nitrogen and oxygen atoms in total. The fourth-order valence-electron chi connectivity index (χ4n) is 4.31. The minimum atomic E-state index is -0.141. The number of rotatable bonds is 5. The number of carbonyl (C=O) groups is 1. The van der Waals surface area contributed by atoms with Crippen LogP contribution in [0, 0.1) is 17.8 Å². The molecule has 2 heterocycles. The smallest absolute Gasteiger partial charge is 0.262 e. The van der Waals surface area contributed by atoms with Gasteiger partial charge in [-0.05, 0) is 49.8 Å². The fourth-order valence-corrected chi connectivity index (χ4v) is 5.15. The van der Waals surface area contributed by atoms with Crippen molar-refractivity contribution >= 4 is 29.1 Å². The van der Waals surface area contributed by atoms with Crippen molar-refractivity contribution in [1.82, 2.24) is 4.68 Å². The fraction of sp³-hybridized carbons (Fsp3) is 0.348. The molecule has 1 aromatic carbocycles. The van der Waals surface area contributed by atoms with Crippen LogP contribution in [0.25, 0.3) is 11.3 Å². The van der Waals surface area contributed by atoms with Gasteiger partial charge in [0.15, 0.2) is 6.61 Å². The van der Waals surface area contributed by atoms with Gasteiger partial charge in [0.2, 0.25) is 4.80 Å². The van der Waals surface area contributed by atoms with Crippen molar-refractivity contribution < 1.29 is 9.53 Å². The normalized spacial score (nSPS) is 24.9. The number of hydrogen-bond donors (Lipinski definition) is 1. The summed E-state index contributed by atoms with van der Waals surface area (Å²) in [7, 11) is 0. The van der Waals surface area contributed by atoms with Gasteiger partial charge in [-0.3, -0.25) is 9.79 Å². The van der Waals surface area contributed by atoms with Crippen LogP contribution in [0.5, 0.6) is 5.75 Å². The molecule has 3 unspecified atom stereocenters. The zero-order chi connectivity index (χ0) is 20.7. The zero-order valence-electron chi connectivity index (χ0n) is 16.9. The molecular weight excluding hydrogens is 396 g/mol. The highest BCUT2D eigenvalue weighted by Crippen LogP contribution is 2.42. The summed E-state index contributed by atoms with van der Waals surface area (Å²) in [5, 5.41) is 9.81. The number of anilines is 1. The van der Waals surface area contributed by atoms with E-state index >= 15 is 0 Å². The lowest BCUT2D eigenvalue weighted by Gasteiger charge is -2.18. The maximum Gasteiger partial charge on any atom is 0.262 e. The molecule has 154 valence electrons. The topological polar surface area (TPSA) is 68.0 Å². The quantitative estimate of drug-likeness (QED) is 0.585. The van der Waals surface area contributed by atoms with Crippen molar-refractivity contribution in [3.8, 4) is 17.0 Å². The molecule has 0 saturated heterocycles. The van der Waals surface area contributed by atoms with E-state index in [9.17, 15) is 4.79 Å². The molecule has 0 radical (unpaired) electrons. The third-order valence-electron chi connectivity index (χ3n) is 5.78. The number of carbonyl (C=O) groups excluding carboxylic acids is 1. The van der Waals surface area contributed by atoms with Gasteiger partial charge in [0.25, 0.3) is 5.91 Å². The number of nitrogens with zero attached hydrogens (tertiary/aromatic N) is 3. The third kappa shape index (κ3) is 3.65. The Bertz CT molecular complexity index is 1140. The van der Waals surface area contributed by atoms with Crippen molar-refractivity contribution in [2.45, 2.75) is 19.8 Å². The van der Waals surface area contributed by atoms with Crippen LogP contribution in [-0.2, 0) is 4.79 Å². The van der Waals surface area contributed by atoms with E-state index in [1.165, 1.54) is 12.8 Å². The van der Waals surface area contributed by atoms with Crippen LogP contribution in [0.1, 0.15) is 19.8 Å². The van der Waals surface area contributed by atoms with Gasteiger partial charge in [-0.2, -0.15) is 5.10 Å². The van der Waals surface area contributed by atoms with Crippen LogP contribution in [0.15, 0.2) is 58.0 Å². The Balaban J connectivity index is 1.53. The average molecular weight is 421 g/mol. The molecular formula is C23H24N4O2S. The first-order valence-electron chi connectivity index (χ1n) is 10.2. The van der Waals surface area contributed by atoms with E-state index in [0.29, 0.717) is 35.7 Å². The molecule has 3 atom stereocenters. The van der Waals surface area contributed by atoms with E-state index in [-0.39, 0.29) is 12.5 Å². The van der Waals surface area contributed by atoms with Gasteiger partial charge in [-0.1, -0.05) is 24.3 Å². The zero-order valence-corrected chi connectivity index (χ0v) is 17.7. The van der Waals surface area contributed by atoms with E-state index in [1.54, 1.807) is 11.3 Å². The lowest BCUT2D eigenvalue weighted by Crippen LogP contribution is -2.25. The third-order valence-corrected chi connectivity index (χ3v) is 6.64. The SMILES string of the molecule is C=C(C)CN=c1scc(-c2ccc3c(c2)NC(=O)CO3)n1N=CC1CC2C=CC1C2. The molecule has 1 fully saturated rings. The molecule has 5 rings (SSSR count). The van der Waals surface area contributed by atoms with Crippen LogP contribution in [0.3, 0.4) is 0 Å². The molecule has 1 amide bonds. The van der Waals surface area contributed by atoms with Crippen molar-refractivity contribution in [2.24, 2.45) is 27.8 Å². The van der Waals surface area contributed by atoms with Gasteiger partial charge in [-0.25, -0.2) is 4.68 Å². The Morgan fingerprint density at radius 3 is 3.07 bits per heavy atom. The summed E-state index contributed by atoms with van der Waals surface area (Å²) < 4.78 is 7.40. The molecule has 1 saturated carbocycles. The lowest BCUT2D eigenvalue weighted by molar-refractivity contribution is -0.118. The van der Waals surface area contributed by atoms with Crippen molar-refractivity contribution in [1.29, 1.82) is 0 Å². The van der Waals surface area contributed by atoms with E-state index in [0.717, 1.165) is 21.6 Å². The minimum Gasteiger partial charge on any atom is -0.482 e. The molecule has 30 heavy (non-hydrogen) atoms. The number of allylic oxidation sites excluding steroid dienone is 2. The summed E-state index contributed by atoms with van der Waals surface area (Å²) >= 11 is 1.56. The molecule has 2 bridgehead atoms. The largest absolute Gasteiger partial charge is 0.482 e. The maximum absolute atomic E-state index is 11.7. The molecule has 1 aromatic heterocycles.